The second-order valence-corrected chi connectivity index (χ2v) is 4.07. The number of rotatable bonds is 3. The highest BCUT2D eigenvalue weighted by atomic mass is 19.1. The number of fused-ring (bicyclic) bond motifs is 1. The summed E-state index contributed by atoms with van der Waals surface area (Å²) in [6.07, 6.45) is 3.08. The first kappa shape index (κ1) is 12.2. The highest BCUT2D eigenvalue weighted by molar-refractivity contribution is 5.93. The van der Waals surface area contributed by atoms with E-state index in [1.807, 2.05) is 12.1 Å². The lowest BCUT2D eigenvalue weighted by Gasteiger charge is -2.04. The number of aromatic nitrogens is 4. The van der Waals surface area contributed by atoms with Crippen LogP contribution in [-0.2, 0) is 6.54 Å². The van der Waals surface area contributed by atoms with Crippen molar-refractivity contribution in [3.8, 4) is 0 Å². The smallest absolute Gasteiger partial charge is 0.256 e. The average Bonchev–Trinajstić information content (AvgIpc) is 2.88. The highest BCUT2D eigenvalue weighted by Crippen LogP contribution is 2.05. The molecule has 1 N–H and O–H groups in total. The van der Waals surface area contributed by atoms with E-state index in [1.54, 1.807) is 16.7 Å². The number of halogens is 1. The molecule has 20 heavy (non-hydrogen) atoms. The Balaban J connectivity index is 1.77. The Kier molecular flexibility index (Phi) is 3.08. The Morgan fingerprint density at radius 3 is 3.00 bits per heavy atom. The van der Waals surface area contributed by atoms with Gasteiger partial charge in [0.2, 0.25) is 5.95 Å². The monoisotopic (exact) mass is 271 g/mol. The molecule has 0 spiro atoms. The maximum atomic E-state index is 13.4. The fourth-order valence-electron chi connectivity index (χ4n) is 1.82. The van der Waals surface area contributed by atoms with Gasteiger partial charge < -0.3 is 5.32 Å². The van der Waals surface area contributed by atoms with E-state index in [0.717, 1.165) is 0 Å². The summed E-state index contributed by atoms with van der Waals surface area (Å²) in [5.74, 6) is -0.766. The third kappa shape index (κ3) is 2.20. The van der Waals surface area contributed by atoms with Crippen LogP contribution in [-0.4, -0.2) is 25.5 Å². The number of carbonyl (C=O) groups excluding carboxylic acids is 1. The molecular weight excluding hydrogens is 261 g/mol. The number of nitrogens with one attached hydrogen (secondary N) is 1. The van der Waals surface area contributed by atoms with Crippen molar-refractivity contribution in [2.45, 2.75) is 6.54 Å². The fourth-order valence-corrected chi connectivity index (χ4v) is 1.82. The van der Waals surface area contributed by atoms with E-state index in [0.29, 0.717) is 11.5 Å². The van der Waals surface area contributed by atoms with Crippen molar-refractivity contribution >= 4 is 11.6 Å². The highest BCUT2D eigenvalue weighted by Gasteiger charge is 2.13. The average molecular weight is 271 g/mol. The summed E-state index contributed by atoms with van der Waals surface area (Å²) in [7, 11) is 0. The molecule has 0 saturated heterocycles. The van der Waals surface area contributed by atoms with Crippen LogP contribution < -0.4 is 5.32 Å². The molecular formula is C13H10FN5O. The molecule has 0 aliphatic carbocycles. The predicted molar refractivity (Wildman–Crippen MR) is 68.4 cm³/mol. The van der Waals surface area contributed by atoms with E-state index >= 15 is 0 Å². The number of hydrogen-bond acceptors (Lipinski definition) is 4. The van der Waals surface area contributed by atoms with Crippen molar-refractivity contribution < 1.29 is 9.18 Å². The molecule has 0 unspecified atom stereocenters. The first-order chi connectivity index (χ1) is 9.75. The number of amides is 1. The second kappa shape index (κ2) is 5.04. The molecule has 0 aromatic carbocycles. The summed E-state index contributed by atoms with van der Waals surface area (Å²) in [5.41, 5.74) is 0.589. The molecule has 0 atom stereocenters. The summed E-state index contributed by atoms with van der Waals surface area (Å²) in [6, 6.07) is 8.36. The summed E-state index contributed by atoms with van der Waals surface area (Å²) >= 11 is 0. The van der Waals surface area contributed by atoms with Crippen molar-refractivity contribution in [2.75, 3.05) is 0 Å². The van der Waals surface area contributed by atoms with Gasteiger partial charge in [0.15, 0.2) is 11.5 Å². The van der Waals surface area contributed by atoms with Gasteiger partial charge in [0.05, 0.1) is 12.1 Å². The van der Waals surface area contributed by atoms with Crippen LogP contribution >= 0.6 is 0 Å². The standard InChI is InChI=1S/C13H10FN5O/c14-12-9(4-3-6-15-12)13(20)16-8-11-18-17-10-5-1-2-7-19(10)11/h1-7H,8H2,(H,16,20). The van der Waals surface area contributed by atoms with Gasteiger partial charge in [-0.3, -0.25) is 9.20 Å². The zero-order valence-electron chi connectivity index (χ0n) is 10.3. The molecule has 100 valence electrons. The maximum Gasteiger partial charge on any atom is 0.256 e. The van der Waals surface area contributed by atoms with Crippen LogP contribution in [0.3, 0.4) is 0 Å². The predicted octanol–water partition coefficient (Wildman–Crippen LogP) is 1.19. The van der Waals surface area contributed by atoms with Gasteiger partial charge in [-0.05, 0) is 24.3 Å². The van der Waals surface area contributed by atoms with Gasteiger partial charge in [0.1, 0.15) is 0 Å². The van der Waals surface area contributed by atoms with Crippen LogP contribution in [0, 0.1) is 5.95 Å². The molecule has 0 bridgehead atoms. The van der Waals surface area contributed by atoms with Crippen molar-refractivity contribution in [3.05, 3.63) is 60.1 Å². The minimum absolute atomic E-state index is 0.0960. The molecule has 0 aliphatic rings. The number of pyridine rings is 2. The van der Waals surface area contributed by atoms with E-state index in [9.17, 15) is 9.18 Å². The minimum Gasteiger partial charge on any atom is -0.345 e. The topological polar surface area (TPSA) is 72.2 Å². The summed E-state index contributed by atoms with van der Waals surface area (Å²) in [6.45, 7) is 0.151. The van der Waals surface area contributed by atoms with E-state index in [4.69, 9.17) is 0 Å². The SMILES string of the molecule is O=C(NCc1nnc2ccccn12)c1cccnc1F. The zero-order valence-corrected chi connectivity index (χ0v) is 10.3. The summed E-state index contributed by atoms with van der Waals surface area (Å²) in [5, 5.41) is 10.5. The van der Waals surface area contributed by atoms with Crippen molar-refractivity contribution in [2.24, 2.45) is 0 Å². The number of carbonyl (C=O) groups is 1. The zero-order chi connectivity index (χ0) is 13.9. The van der Waals surface area contributed by atoms with Crippen molar-refractivity contribution in [3.63, 3.8) is 0 Å². The lowest BCUT2D eigenvalue weighted by Crippen LogP contribution is -2.25. The Labute approximate surface area is 113 Å². The molecule has 3 aromatic rings. The quantitative estimate of drug-likeness (QED) is 0.726. The molecule has 0 radical (unpaired) electrons. The molecule has 3 rings (SSSR count). The van der Waals surface area contributed by atoms with Crippen LogP contribution in [0.5, 0.6) is 0 Å². The molecule has 1 amide bonds. The lowest BCUT2D eigenvalue weighted by molar-refractivity contribution is 0.0945. The van der Waals surface area contributed by atoms with Crippen molar-refractivity contribution in [1.29, 1.82) is 0 Å². The molecule has 7 heteroatoms. The first-order valence-electron chi connectivity index (χ1n) is 5.93. The van der Waals surface area contributed by atoms with Gasteiger partial charge in [-0.15, -0.1) is 10.2 Å². The van der Waals surface area contributed by atoms with E-state index in [1.165, 1.54) is 18.3 Å². The minimum atomic E-state index is -0.795. The molecule has 6 nitrogen and oxygen atoms in total. The normalized spacial score (nSPS) is 10.7. The maximum absolute atomic E-state index is 13.4. The Bertz CT molecular complexity index is 770. The van der Waals surface area contributed by atoms with Gasteiger partial charge in [-0.25, -0.2) is 4.98 Å². The third-order valence-electron chi connectivity index (χ3n) is 2.80. The Morgan fingerprint density at radius 2 is 2.15 bits per heavy atom. The van der Waals surface area contributed by atoms with Crippen LogP contribution in [0.1, 0.15) is 16.2 Å². The van der Waals surface area contributed by atoms with Gasteiger partial charge >= 0.3 is 0 Å². The third-order valence-corrected chi connectivity index (χ3v) is 2.80. The number of hydrogen-bond donors (Lipinski definition) is 1. The molecule has 3 aromatic heterocycles. The lowest BCUT2D eigenvalue weighted by atomic mass is 10.2. The first-order valence-corrected chi connectivity index (χ1v) is 5.93. The van der Waals surface area contributed by atoms with Crippen molar-refractivity contribution in [1.82, 2.24) is 24.9 Å². The van der Waals surface area contributed by atoms with Gasteiger partial charge in [-0.2, -0.15) is 4.39 Å². The molecule has 0 aliphatic heterocycles. The van der Waals surface area contributed by atoms with Crippen LogP contribution in [0.15, 0.2) is 42.7 Å². The van der Waals surface area contributed by atoms with Crippen LogP contribution in [0.4, 0.5) is 4.39 Å². The van der Waals surface area contributed by atoms with Gasteiger partial charge in [0.25, 0.3) is 5.91 Å². The van der Waals surface area contributed by atoms with Gasteiger partial charge in [0, 0.05) is 12.4 Å². The van der Waals surface area contributed by atoms with Crippen LogP contribution in [0.2, 0.25) is 0 Å². The van der Waals surface area contributed by atoms with E-state index < -0.39 is 11.9 Å². The molecule has 3 heterocycles. The fraction of sp³-hybridized carbons (Fsp3) is 0.0769. The number of nitrogens with zero attached hydrogens (tertiary/aromatic N) is 4. The summed E-state index contributed by atoms with van der Waals surface area (Å²) < 4.78 is 15.1. The van der Waals surface area contributed by atoms with Gasteiger partial charge in [-0.1, -0.05) is 6.07 Å². The Morgan fingerprint density at radius 1 is 1.25 bits per heavy atom. The van der Waals surface area contributed by atoms with Crippen LogP contribution in [0.25, 0.3) is 5.65 Å². The summed E-state index contributed by atoms with van der Waals surface area (Å²) in [4.78, 5) is 15.3. The molecule has 0 saturated carbocycles. The largest absolute Gasteiger partial charge is 0.345 e. The van der Waals surface area contributed by atoms with E-state index in [-0.39, 0.29) is 12.1 Å². The Hall–Kier alpha value is -2.83. The second-order valence-electron chi connectivity index (χ2n) is 4.07. The van der Waals surface area contributed by atoms with E-state index in [2.05, 4.69) is 20.5 Å². The molecule has 0 fully saturated rings.